The van der Waals surface area contributed by atoms with Crippen molar-refractivity contribution in [1.29, 1.82) is 0 Å². The average Bonchev–Trinajstić information content (AvgIpc) is 3.07. The SMILES string of the molecule is c1ccc2c(c1)Sc1ccccc1C2CCCN1CCCC1. The molecular weight excluding hydrogens is 286 g/mol. The molecule has 1 nitrogen and oxygen atoms in total. The minimum atomic E-state index is 0.580. The molecule has 0 radical (unpaired) electrons. The molecule has 0 spiro atoms. The summed E-state index contributed by atoms with van der Waals surface area (Å²) >= 11 is 1.93. The molecule has 1 fully saturated rings. The molecule has 0 N–H and O–H groups in total. The molecule has 1 saturated heterocycles. The summed E-state index contributed by atoms with van der Waals surface area (Å²) in [4.78, 5) is 5.54. The molecule has 22 heavy (non-hydrogen) atoms. The summed E-state index contributed by atoms with van der Waals surface area (Å²) in [5.41, 5.74) is 3.07. The maximum Gasteiger partial charge on any atom is 0.0160 e. The van der Waals surface area contributed by atoms with Crippen molar-refractivity contribution in [3.8, 4) is 0 Å². The number of benzene rings is 2. The van der Waals surface area contributed by atoms with Crippen LogP contribution in [0.5, 0.6) is 0 Å². The number of fused-ring (bicyclic) bond motifs is 2. The van der Waals surface area contributed by atoms with Gasteiger partial charge in [-0.25, -0.2) is 0 Å². The Morgan fingerprint density at radius 2 is 1.45 bits per heavy atom. The number of hydrogen-bond acceptors (Lipinski definition) is 2. The third-order valence-corrected chi connectivity index (χ3v) is 6.16. The summed E-state index contributed by atoms with van der Waals surface area (Å²) in [5.74, 6) is 0.580. The molecule has 0 amide bonds. The Morgan fingerprint density at radius 1 is 0.864 bits per heavy atom. The lowest BCUT2D eigenvalue weighted by Crippen LogP contribution is -2.21. The molecule has 2 aromatic rings. The third kappa shape index (κ3) is 2.82. The number of hydrogen-bond donors (Lipinski definition) is 0. The summed E-state index contributed by atoms with van der Waals surface area (Å²) in [7, 11) is 0. The Balaban J connectivity index is 1.54. The van der Waals surface area contributed by atoms with Gasteiger partial charge in [0, 0.05) is 15.7 Å². The van der Waals surface area contributed by atoms with Crippen LogP contribution in [0.3, 0.4) is 0 Å². The van der Waals surface area contributed by atoms with Crippen LogP contribution in [0.25, 0.3) is 0 Å². The zero-order valence-corrected chi connectivity index (χ0v) is 13.8. The highest BCUT2D eigenvalue weighted by molar-refractivity contribution is 7.99. The normalized spacial score (nSPS) is 18.2. The Labute approximate surface area is 137 Å². The van der Waals surface area contributed by atoms with Gasteiger partial charge in [0.15, 0.2) is 0 Å². The fraction of sp³-hybridized carbons (Fsp3) is 0.400. The van der Waals surface area contributed by atoms with Gasteiger partial charge in [-0.3, -0.25) is 0 Å². The van der Waals surface area contributed by atoms with Crippen molar-refractivity contribution >= 4 is 11.8 Å². The molecule has 2 aliphatic rings. The summed E-state index contributed by atoms with van der Waals surface area (Å²) in [6.45, 7) is 3.90. The molecule has 2 aromatic carbocycles. The van der Waals surface area contributed by atoms with E-state index in [1.807, 2.05) is 11.8 Å². The third-order valence-electron chi connectivity index (χ3n) is 4.97. The van der Waals surface area contributed by atoms with Crippen LogP contribution in [0.2, 0.25) is 0 Å². The van der Waals surface area contributed by atoms with Crippen molar-refractivity contribution < 1.29 is 0 Å². The van der Waals surface area contributed by atoms with Crippen LogP contribution < -0.4 is 0 Å². The molecule has 0 bridgehead atoms. The molecule has 0 atom stereocenters. The Morgan fingerprint density at radius 3 is 2.09 bits per heavy atom. The van der Waals surface area contributed by atoms with E-state index in [2.05, 4.69) is 53.4 Å². The summed E-state index contributed by atoms with van der Waals surface area (Å²) in [6.07, 6.45) is 5.36. The quantitative estimate of drug-likeness (QED) is 0.767. The summed E-state index contributed by atoms with van der Waals surface area (Å²) < 4.78 is 0. The lowest BCUT2D eigenvalue weighted by Gasteiger charge is -2.28. The second kappa shape index (κ2) is 6.47. The van der Waals surface area contributed by atoms with Crippen molar-refractivity contribution in [2.75, 3.05) is 19.6 Å². The van der Waals surface area contributed by atoms with Crippen molar-refractivity contribution in [3.05, 3.63) is 59.7 Å². The Kier molecular flexibility index (Phi) is 4.22. The molecular formula is C20H23NS. The second-order valence-corrected chi connectivity index (χ2v) is 7.51. The van der Waals surface area contributed by atoms with Crippen LogP contribution in [-0.4, -0.2) is 24.5 Å². The van der Waals surface area contributed by atoms with Gasteiger partial charge in [-0.15, -0.1) is 0 Å². The number of likely N-dealkylation sites (tertiary alicyclic amines) is 1. The van der Waals surface area contributed by atoms with Gasteiger partial charge in [-0.1, -0.05) is 48.2 Å². The zero-order chi connectivity index (χ0) is 14.8. The van der Waals surface area contributed by atoms with E-state index in [1.165, 1.54) is 66.2 Å². The number of nitrogens with zero attached hydrogens (tertiary/aromatic N) is 1. The van der Waals surface area contributed by atoms with Crippen LogP contribution in [0, 0.1) is 0 Å². The van der Waals surface area contributed by atoms with E-state index in [4.69, 9.17) is 0 Å². The van der Waals surface area contributed by atoms with Crippen LogP contribution in [0.15, 0.2) is 58.3 Å². The van der Waals surface area contributed by atoms with E-state index >= 15 is 0 Å². The minimum absolute atomic E-state index is 0.580. The van der Waals surface area contributed by atoms with Gasteiger partial charge in [0.05, 0.1) is 0 Å². The molecule has 0 saturated carbocycles. The smallest absolute Gasteiger partial charge is 0.0160 e. The predicted octanol–water partition coefficient (Wildman–Crippen LogP) is 5.16. The molecule has 2 aliphatic heterocycles. The molecule has 4 rings (SSSR count). The predicted molar refractivity (Wildman–Crippen MR) is 93.8 cm³/mol. The van der Waals surface area contributed by atoms with Crippen molar-refractivity contribution in [3.63, 3.8) is 0 Å². The summed E-state index contributed by atoms with van der Waals surface area (Å²) in [5, 5.41) is 0. The fourth-order valence-electron chi connectivity index (χ4n) is 3.84. The van der Waals surface area contributed by atoms with E-state index in [0.29, 0.717) is 5.92 Å². The molecule has 0 aliphatic carbocycles. The maximum absolute atomic E-state index is 2.63. The van der Waals surface area contributed by atoms with Gasteiger partial charge in [-0.05, 0) is 68.6 Å². The highest BCUT2D eigenvalue weighted by atomic mass is 32.2. The van der Waals surface area contributed by atoms with Gasteiger partial charge in [0.1, 0.15) is 0 Å². The first-order valence-electron chi connectivity index (χ1n) is 8.50. The highest BCUT2D eigenvalue weighted by Crippen LogP contribution is 2.47. The average molecular weight is 309 g/mol. The minimum Gasteiger partial charge on any atom is -0.303 e. The van der Waals surface area contributed by atoms with E-state index in [1.54, 1.807) is 0 Å². The monoisotopic (exact) mass is 309 g/mol. The van der Waals surface area contributed by atoms with Gasteiger partial charge in [0.25, 0.3) is 0 Å². The lowest BCUT2D eigenvalue weighted by atomic mass is 9.87. The Bertz CT molecular complexity index is 600. The molecule has 2 heteroatoms. The van der Waals surface area contributed by atoms with Gasteiger partial charge in [0.2, 0.25) is 0 Å². The number of rotatable bonds is 4. The van der Waals surface area contributed by atoms with E-state index in [9.17, 15) is 0 Å². The molecule has 0 aromatic heterocycles. The van der Waals surface area contributed by atoms with Crippen molar-refractivity contribution in [1.82, 2.24) is 4.90 Å². The lowest BCUT2D eigenvalue weighted by molar-refractivity contribution is 0.327. The second-order valence-electron chi connectivity index (χ2n) is 6.42. The van der Waals surface area contributed by atoms with E-state index in [-0.39, 0.29) is 0 Å². The first kappa shape index (κ1) is 14.3. The summed E-state index contributed by atoms with van der Waals surface area (Å²) in [6, 6.07) is 18.0. The van der Waals surface area contributed by atoms with Gasteiger partial charge < -0.3 is 4.90 Å². The standard InChI is InChI=1S/C20H23NS/c1-3-11-19-17(8-1)16(10-7-15-21-13-5-6-14-21)18-9-2-4-12-20(18)22-19/h1-4,8-9,11-12,16H,5-7,10,13-15H2. The topological polar surface area (TPSA) is 3.24 Å². The molecule has 0 unspecified atom stereocenters. The van der Waals surface area contributed by atoms with Crippen LogP contribution >= 0.6 is 11.8 Å². The van der Waals surface area contributed by atoms with Gasteiger partial charge >= 0.3 is 0 Å². The fourth-order valence-corrected chi connectivity index (χ4v) is 5.03. The van der Waals surface area contributed by atoms with Crippen LogP contribution in [0.4, 0.5) is 0 Å². The zero-order valence-electron chi connectivity index (χ0n) is 13.0. The van der Waals surface area contributed by atoms with Crippen molar-refractivity contribution in [2.45, 2.75) is 41.4 Å². The van der Waals surface area contributed by atoms with Crippen LogP contribution in [0.1, 0.15) is 42.7 Å². The van der Waals surface area contributed by atoms with E-state index < -0.39 is 0 Å². The molecule has 114 valence electrons. The Hall–Kier alpha value is -1.25. The van der Waals surface area contributed by atoms with Crippen LogP contribution in [-0.2, 0) is 0 Å². The molecule has 2 heterocycles. The van der Waals surface area contributed by atoms with E-state index in [0.717, 1.165) is 0 Å². The first-order chi connectivity index (χ1) is 10.9. The first-order valence-corrected chi connectivity index (χ1v) is 9.31. The largest absolute Gasteiger partial charge is 0.303 e. The maximum atomic E-state index is 2.63. The highest BCUT2D eigenvalue weighted by Gasteiger charge is 2.25. The van der Waals surface area contributed by atoms with Gasteiger partial charge in [-0.2, -0.15) is 0 Å². The van der Waals surface area contributed by atoms with Crippen molar-refractivity contribution in [2.24, 2.45) is 0 Å².